The fraction of sp³-hybridized carbons (Fsp3) is 0.385. The quantitative estimate of drug-likeness (QED) is 0.518. The van der Waals surface area contributed by atoms with Gasteiger partial charge in [0.25, 0.3) is 5.91 Å². The summed E-state index contributed by atoms with van der Waals surface area (Å²) in [5.74, 6) is -2.11. The second-order valence-electron chi connectivity index (χ2n) is 4.02. The van der Waals surface area contributed by atoms with Gasteiger partial charge in [0.1, 0.15) is 6.54 Å². The molecule has 1 aromatic heterocycles. The van der Waals surface area contributed by atoms with Crippen molar-refractivity contribution in [2.75, 3.05) is 26.2 Å². The summed E-state index contributed by atoms with van der Waals surface area (Å²) in [7, 11) is 0. The van der Waals surface area contributed by atoms with Crippen LogP contribution in [0.15, 0.2) is 22.8 Å². The van der Waals surface area contributed by atoms with Gasteiger partial charge in [-0.2, -0.15) is 0 Å². The summed E-state index contributed by atoms with van der Waals surface area (Å²) in [6, 6.07) is 3.00. The van der Waals surface area contributed by atoms with Crippen LogP contribution in [0.3, 0.4) is 0 Å². The Morgan fingerprint density at radius 2 is 1.68 bits per heavy atom. The fourth-order valence-electron chi connectivity index (χ4n) is 1.34. The third kappa shape index (κ3) is 6.55. The zero-order valence-electron chi connectivity index (χ0n) is 12.0. The Hall–Kier alpha value is -2.84. The average molecular weight is 311 g/mol. The van der Waals surface area contributed by atoms with E-state index >= 15 is 0 Å². The van der Waals surface area contributed by atoms with Crippen LogP contribution in [0.25, 0.3) is 0 Å². The van der Waals surface area contributed by atoms with E-state index in [-0.39, 0.29) is 32.0 Å². The Morgan fingerprint density at radius 1 is 1.05 bits per heavy atom. The normalized spacial score (nSPS) is 9.68. The van der Waals surface area contributed by atoms with Gasteiger partial charge in [-0.3, -0.25) is 19.2 Å². The van der Waals surface area contributed by atoms with E-state index < -0.39 is 23.7 Å². The molecule has 120 valence electrons. The molecule has 0 saturated carbocycles. The maximum absolute atomic E-state index is 11.5. The number of ether oxygens (including phenoxy) is 1. The second kappa shape index (κ2) is 9.16. The molecular formula is C13H17N3O6. The molecule has 1 rings (SSSR count). The summed E-state index contributed by atoms with van der Waals surface area (Å²) in [4.78, 5) is 45.2. The van der Waals surface area contributed by atoms with Crippen molar-refractivity contribution >= 4 is 23.7 Å². The number of carbonyl (C=O) groups is 4. The molecular weight excluding hydrogens is 294 g/mol. The molecule has 0 fully saturated rings. The van der Waals surface area contributed by atoms with E-state index in [1.807, 2.05) is 0 Å². The monoisotopic (exact) mass is 311 g/mol. The maximum Gasteiger partial charge on any atom is 0.325 e. The number of hydrogen-bond acceptors (Lipinski definition) is 6. The Bertz CT molecular complexity index is 526. The fourth-order valence-corrected chi connectivity index (χ4v) is 1.34. The molecule has 1 heterocycles. The van der Waals surface area contributed by atoms with E-state index in [9.17, 15) is 19.2 Å². The molecule has 22 heavy (non-hydrogen) atoms. The van der Waals surface area contributed by atoms with Crippen molar-refractivity contribution in [1.82, 2.24) is 16.0 Å². The summed E-state index contributed by atoms with van der Waals surface area (Å²) >= 11 is 0. The first-order chi connectivity index (χ1) is 10.5. The molecule has 0 bridgehead atoms. The van der Waals surface area contributed by atoms with Crippen LogP contribution >= 0.6 is 0 Å². The van der Waals surface area contributed by atoms with Gasteiger partial charge in [-0.25, -0.2) is 0 Å². The molecule has 1 aromatic rings. The Labute approximate surface area is 126 Å². The Balaban J connectivity index is 2.16. The molecule has 0 atom stereocenters. The Kier molecular flexibility index (Phi) is 7.17. The first-order valence-electron chi connectivity index (χ1n) is 6.53. The van der Waals surface area contributed by atoms with Crippen molar-refractivity contribution in [3.8, 4) is 0 Å². The van der Waals surface area contributed by atoms with Crippen molar-refractivity contribution in [2.45, 2.75) is 6.92 Å². The van der Waals surface area contributed by atoms with Crippen LogP contribution in [0.2, 0.25) is 0 Å². The molecule has 9 heteroatoms. The molecule has 0 radical (unpaired) electrons. The summed E-state index contributed by atoms with van der Waals surface area (Å²) in [6.07, 6.45) is 1.34. The maximum atomic E-state index is 11.5. The largest absolute Gasteiger partial charge is 0.465 e. The number of esters is 1. The zero-order chi connectivity index (χ0) is 16.4. The first-order valence-corrected chi connectivity index (χ1v) is 6.53. The first kappa shape index (κ1) is 17.2. The van der Waals surface area contributed by atoms with Gasteiger partial charge in [-0.1, -0.05) is 0 Å². The van der Waals surface area contributed by atoms with E-state index in [2.05, 4.69) is 20.7 Å². The van der Waals surface area contributed by atoms with Crippen LogP contribution in [-0.2, 0) is 19.1 Å². The van der Waals surface area contributed by atoms with Gasteiger partial charge in [0, 0.05) is 0 Å². The number of nitrogens with one attached hydrogen (secondary N) is 3. The third-order valence-corrected chi connectivity index (χ3v) is 2.34. The molecule has 0 aliphatic rings. The molecule has 3 N–H and O–H groups in total. The lowest BCUT2D eigenvalue weighted by Gasteiger charge is -2.07. The molecule has 0 aliphatic carbocycles. The van der Waals surface area contributed by atoms with E-state index in [0.717, 1.165) is 0 Å². The zero-order valence-corrected chi connectivity index (χ0v) is 12.0. The summed E-state index contributed by atoms with van der Waals surface area (Å²) in [5.41, 5.74) is 0. The smallest absolute Gasteiger partial charge is 0.325 e. The van der Waals surface area contributed by atoms with Crippen LogP contribution < -0.4 is 16.0 Å². The van der Waals surface area contributed by atoms with E-state index in [0.29, 0.717) is 0 Å². The van der Waals surface area contributed by atoms with Crippen molar-refractivity contribution in [1.29, 1.82) is 0 Å². The molecule has 0 aliphatic heterocycles. The summed E-state index contributed by atoms with van der Waals surface area (Å²) in [5, 5.41) is 6.89. The Morgan fingerprint density at radius 3 is 2.27 bits per heavy atom. The summed E-state index contributed by atoms with van der Waals surface area (Å²) < 4.78 is 9.47. The molecule has 0 unspecified atom stereocenters. The SMILES string of the molecule is CCOC(=O)CNC(=O)CNC(=O)CNC(=O)c1ccco1. The highest BCUT2D eigenvalue weighted by Gasteiger charge is 2.11. The predicted molar refractivity (Wildman–Crippen MR) is 73.7 cm³/mol. The average Bonchev–Trinajstić information content (AvgIpc) is 3.03. The van der Waals surface area contributed by atoms with Crippen LogP contribution in [0.5, 0.6) is 0 Å². The van der Waals surface area contributed by atoms with E-state index in [1.54, 1.807) is 13.0 Å². The van der Waals surface area contributed by atoms with Crippen molar-refractivity contribution in [3.05, 3.63) is 24.2 Å². The van der Waals surface area contributed by atoms with Gasteiger partial charge in [0.15, 0.2) is 5.76 Å². The number of rotatable bonds is 8. The molecule has 0 aromatic carbocycles. The highest BCUT2D eigenvalue weighted by molar-refractivity contribution is 5.94. The van der Waals surface area contributed by atoms with Crippen LogP contribution in [0.1, 0.15) is 17.5 Å². The predicted octanol–water partition coefficient (Wildman–Crippen LogP) is -1.20. The summed E-state index contributed by atoms with van der Waals surface area (Å²) in [6.45, 7) is 0.995. The van der Waals surface area contributed by atoms with Crippen molar-refractivity contribution in [2.24, 2.45) is 0 Å². The van der Waals surface area contributed by atoms with Crippen LogP contribution in [-0.4, -0.2) is 49.9 Å². The van der Waals surface area contributed by atoms with Crippen molar-refractivity contribution < 1.29 is 28.3 Å². The van der Waals surface area contributed by atoms with Crippen LogP contribution in [0.4, 0.5) is 0 Å². The van der Waals surface area contributed by atoms with Gasteiger partial charge < -0.3 is 25.1 Å². The van der Waals surface area contributed by atoms with Crippen molar-refractivity contribution in [3.63, 3.8) is 0 Å². The minimum absolute atomic E-state index is 0.0833. The number of furan rings is 1. The molecule has 9 nitrogen and oxygen atoms in total. The second-order valence-corrected chi connectivity index (χ2v) is 4.02. The minimum Gasteiger partial charge on any atom is -0.465 e. The standard InChI is InChI=1S/C13H17N3O6/c1-2-21-12(19)8-15-10(17)6-14-11(18)7-16-13(20)9-4-3-5-22-9/h3-5H,2,6-8H2,1H3,(H,14,18)(H,15,17)(H,16,20). The van der Waals surface area contributed by atoms with E-state index in [4.69, 9.17) is 4.42 Å². The highest BCUT2D eigenvalue weighted by atomic mass is 16.5. The van der Waals surface area contributed by atoms with Gasteiger partial charge in [0.2, 0.25) is 11.8 Å². The molecule has 0 saturated heterocycles. The number of amides is 3. The van der Waals surface area contributed by atoms with Crippen LogP contribution in [0, 0.1) is 0 Å². The molecule has 3 amide bonds. The number of hydrogen-bond donors (Lipinski definition) is 3. The van der Waals surface area contributed by atoms with Gasteiger partial charge >= 0.3 is 5.97 Å². The van der Waals surface area contributed by atoms with Gasteiger partial charge in [0.05, 0.1) is 26.0 Å². The third-order valence-electron chi connectivity index (χ3n) is 2.34. The lowest BCUT2D eigenvalue weighted by Crippen LogP contribution is -2.43. The minimum atomic E-state index is -0.562. The lowest BCUT2D eigenvalue weighted by molar-refractivity contribution is -0.143. The van der Waals surface area contributed by atoms with Gasteiger partial charge in [-0.15, -0.1) is 0 Å². The number of carbonyl (C=O) groups excluding carboxylic acids is 4. The lowest BCUT2D eigenvalue weighted by atomic mass is 10.4. The van der Waals surface area contributed by atoms with Gasteiger partial charge in [-0.05, 0) is 19.1 Å². The molecule has 0 spiro atoms. The topological polar surface area (TPSA) is 127 Å². The van der Waals surface area contributed by atoms with E-state index in [1.165, 1.54) is 12.3 Å². The highest BCUT2D eigenvalue weighted by Crippen LogP contribution is 1.98.